The lowest BCUT2D eigenvalue weighted by Crippen LogP contribution is -2.54. The monoisotopic (exact) mass is 584 g/mol. The fourth-order valence-corrected chi connectivity index (χ4v) is 4.41. The lowest BCUT2D eigenvalue weighted by Gasteiger charge is -2.26. The average Bonchev–Trinajstić information content (AvgIpc) is 2.82. The van der Waals surface area contributed by atoms with Crippen LogP contribution in [0.4, 0.5) is 10.5 Å². The normalized spacial score (nSPS) is 14.9. The number of nitrogens with one attached hydrogen (secondary N) is 1. The van der Waals surface area contributed by atoms with Crippen LogP contribution in [0.5, 0.6) is 11.5 Å². The number of hydrogen-bond acceptors (Lipinski definition) is 5. The van der Waals surface area contributed by atoms with Crippen LogP contribution in [0.3, 0.4) is 0 Å². The fraction of sp³-hybridized carbons (Fsp3) is 0.0800. The highest BCUT2D eigenvalue weighted by molar-refractivity contribution is 9.11. The van der Waals surface area contributed by atoms with Crippen LogP contribution < -0.4 is 19.7 Å². The van der Waals surface area contributed by atoms with E-state index in [2.05, 4.69) is 37.2 Å². The summed E-state index contributed by atoms with van der Waals surface area (Å²) >= 11 is 6.93. The molecule has 1 saturated heterocycles. The molecule has 172 valence electrons. The van der Waals surface area contributed by atoms with Gasteiger partial charge in [-0.2, -0.15) is 0 Å². The number of nitrogens with zero attached hydrogens (tertiary/aromatic N) is 1. The SMILES string of the molecule is COc1ccc(N2C(=O)NC(=O)/C(=C\c3ccc(OCc4ccc(Br)cc4Br)cc3)C2=O)cc1. The quantitative estimate of drug-likeness (QED) is 0.306. The molecule has 34 heavy (non-hydrogen) atoms. The standard InChI is InChI=1S/C25H18Br2N2O5/c1-33-19-10-6-18(7-11-19)29-24(31)21(23(30)28-25(29)32)12-15-2-8-20(9-3-15)34-14-16-4-5-17(26)13-22(16)27/h2-13H,14H2,1H3,(H,28,30,32)/b21-12+. The average molecular weight is 586 g/mol. The van der Waals surface area contributed by atoms with Crippen LogP contribution in [0, 0.1) is 0 Å². The molecule has 0 spiro atoms. The number of benzene rings is 3. The van der Waals surface area contributed by atoms with Gasteiger partial charge in [-0.25, -0.2) is 9.69 Å². The second kappa shape index (κ2) is 10.2. The molecule has 4 amide bonds. The minimum atomic E-state index is -0.805. The molecule has 9 heteroatoms. The van der Waals surface area contributed by atoms with Gasteiger partial charge < -0.3 is 9.47 Å². The van der Waals surface area contributed by atoms with Gasteiger partial charge in [-0.1, -0.05) is 50.1 Å². The van der Waals surface area contributed by atoms with E-state index in [0.29, 0.717) is 29.4 Å². The Morgan fingerprint density at radius 1 is 0.912 bits per heavy atom. The molecule has 0 saturated carbocycles. The van der Waals surface area contributed by atoms with Gasteiger partial charge in [0, 0.05) is 14.5 Å². The zero-order chi connectivity index (χ0) is 24.2. The summed E-state index contributed by atoms with van der Waals surface area (Å²) < 4.78 is 12.8. The molecule has 1 aliphatic rings. The molecule has 0 radical (unpaired) electrons. The van der Waals surface area contributed by atoms with Crippen molar-refractivity contribution in [2.45, 2.75) is 6.61 Å². The third-order valence-corrected chi connectivity index (χ3v) is 6.26. The fourth-order valence-electron chi connectivity index (χ4n) is 3.25. The maximum absolute atomic E-state index is 13.0. The second-order valence-electron chi connectivity index (χ2n) is 7.25. The van der Waals surface area contributed by atoms with Crippen molar-refractivity contribution in [3.63, 3.8) is 0 Å². The van der Waals surface area contributed by atoms with Crippen molar-refractivity contribution >= 4 is 61.5 Å². The Hall–Kier alpha value is -3.43. The highest BCUT2D eigenvalue weighted by Gasteiger charge is 2.36. The summed E-state index contributed by atoms with van der Waals surface area (Å²) in [4.78, 5) is 38.6. The van der Waals surface area contributed by atoms with E-state index in [1.165, 1.54) is 13.2 Å². The van der Waals surface area contributed by atoms with Crippen molar-refractivity contribution in [2.75, 3.05) is 12.0 Å². The number of anilines is 1. The van der Waals surface area contributed by atoms with E-state index in [1.54, 1.807) is 48.5 Å². The van der Waals surface area contributed by atoms with E-state index in [1.807, 2.05) is 18.2 Å². The molecule has 1 fully saturated rings. The number of imide groups is 2. The number of carbonyl (C=O) groups is 3. The van der Waals surface area contributed by atoms with Crippen LogP contribution in [0.25, 0.3) is 6.08 Å². The zero-order valence-electron chi connectivity index (χ0n) is 17.9. The maximum atomic E-state index is 13.0. The van der Waals surface area contributed by atoms with Crippen molar-refractivity contribution in [1.82, 2.24) is 5.32 Å². The number of rotatable bonds is 6. The second-order valence-corrected chi connectivity index (χ2v) is 9.02. The van der Waals surface area contributed by atoms with Crippen LogP contribution >= 0.6 is 31.9 Å². The van der Waals surface area contributed by atoms with Gasteiger partial charge >= 0.3 is 6.03 Å². The number of halogens is 2. The Morgan fingerprint density at radius 3 is 2.24 bits per heavy atom. The van der Waals surface area contributed by atoms with E-state index in [0.717, 1.165) is 19.4 Å². The van der Waals surface area contributed by atoms with Crippen LogP contribution in [-0.4, -0.2) is 25.0 Å². The first kappa shape index (κ1) is 23.7. The molecule has 0 atom stereocenters. The largest absolute Gasteiger partial charge is 0.497 e. The molecule has 1 aliphatic heterocycles. The predicted molar refractivity (Wildman–Crippen MR) is 135 cm³/mol. The summed E-state index contributed by atoms with van der Waals surface area (Å²) in [6, 6.07) is 18.4. The zero-order valence-corrected chi connectivity index (χ0v) is 21.1. The molecule has 4 rings (SSSR count). The maximum Gasteiger partial charge on any atom is 0.335 e. The Balaban J connectivity index is 1.50. The van der Waals surface area contributed by atoms with Gasteiger partial charge in [-0.05, 0) is 60.2 Å². The topological polar surface area (TPSA) is 84.9 Å². The molecule has 3 aromatic rings. The molecule has 7 nitrogen and oxygen atoms in total. The number of ether oxygens (including phenoxy) is 2. The summed E-state index contributed by atoms with van der Waals surface area (Å²) in [5.74, 6) is -0.249. The van der Waals surface area contributed by atoms with Gasteiger partial charge in [0.1, 0.15) is 23.7 Å². The van der Waals surface area contributed by atoms with Crippen molar-refractivity contribution in [3.05, 3.63) is 92.4 Å². The van der Waals surface area contributed by atoms with Crippen molar-refractivity contribution < 1.29 is 23.9 Å². The molecule has 1 heterocycles. The van der Waals surface area contributed by atoms with Crippen molar-refractivity contribution in [1.29, 1.82) is 0 Å². The Labute approximate surface area is 212 Å². The molecule has 0 aliphatic carbocycles. The number of hydrogen-bond donors (Lipinski definition) is 1. The van der Waals surface area contributed by atoms with Gasteiger partial charge in [0.2, 0.25) is 0 Å². The number of urea groups is 1. The highest BCUT2D eigenvalue weighted by atomic mass is 79.9. The minimum absolute atomic E-state index is 0.150. The van der Waals surface area contributed by atoms with Crippen LogP contribution in [-0.2, 0) is 16.2 Å². The predicted octanol–water partition coefficient (Wildman–Crippen LogP) is 5.47. The lowest BCUT2D eigenvalue weighted by molar-refractivity contribution is -0.122. The highest BCUT2D eigenvalue weighted by Crippen LogP contribution is 2.26. The molecule has 0 aromatic heterocycles. The number of methoxy groups -OCH3 is 1. The first-order valence-electron chi connectivity index (χ1n) is 10.1. The number of carbonyl (C=O) groups excluding carboxylic acids is 3. The summed E-state index contributed by atoms with van der Waals surface area (Å²) in [6.07, 6.45) is 1.44. The first-order valence-corrected chi connectivity index (χ1v) is 11.7. The Kier molecular flexibility index (Phi) is 7.14. The molecular weight excluding hydrogens is 568 g/mol. The molecule has 3 aromatic carbocycles. The Bertz CT molecular complexity index is 1290. The van der Waals surface area contributed by atoms with Gasteiger partial charge in [0.05, 0.1) is 12.8 Å². The number of amides is 4. The lowest BCUT2D eigenvalue weighted by atomic mass is 10.1. The van der Waals surface area contributed by atoms with E-state index < -0.39 is 17.8 Å². The van der Waals surface area contributed by atoms with Crippen molar-refractivity contribution in [3.8, 4) is 11.5 Å². The molecular formula is C25H18Br2N2O5. The molecule has 0 unspecified atom stereocenters. The van der Waals surface area contributed by atoms with Crippen molar-refractivity contribution in [2.24, 2.45) is 0 Å². The van der Waals surface area contributed by atoms with E-state index in [4.69, 9.17) is 9.47 Å². The van der Waals surface area contributed by atoms with Crippen LogP contribution in [0.15, 0.2) is 81.2 Å². The van der Waals surface area contributed by atoms with Crippen LogP contribution in [0.2, 0.25) is 0 Å². The van der Waals surface area contributed by atoms with E-state index >= 15 is 0 Å². The van der Waals surface area contributed by atoms with Gasteiger partial charge in [0.15, 0.2) is 0 Å². The van der Waals surface area contributed by atoms with Gasteiger partial charge in [-0.15, -0.1) is 0 Å². The summed E-state index contributed by atoms with van der Waals surface area (Å²) in [6.45, 7) is 0.369. The van der Waals surface area contributed by atoms with Gasteiger partial charge in [0.25, 0.3) is 11.8 Å². The summed E-state index contributed by atoms with van der Waals surface area (Å²) in [5.41, 5.74) is 1.77. The third kappa shape index (κ3) is 5.21. The van der Waals surface area contributed by atoms with E-state index in [-0.39, 0.29) is 5.57 Å². The van der Waals surface area contributed by atoms with Crippen LogP contribution in [0.1, 0.15) is 11.1 Å². The first-order chi connectivity index (χ1) is 16.4. The van der Waals surface area contributed by atoms with E-state index in [9.17, 15) is 14.4 Å². The molecule has 1 N–H and O–H groups in total. The summed E-state index contributed by atoms with van der Waals surface area (Å²) in [5, 5.41) is 2.21. The number of barbiturate groups is 1. The van der Waals surface area contributed by atoms with Gasteiger partial charge in [-0.3, -0.25) is 14.9 Å². The summed E-state index contributed by atoms with van der Waals surface area (Å²) in [7, 11) is 1.52. The molecule has 0 bridgehead atoms. The Morgan fingerprint density at radius 2 is 1.59 bits per heavy atom. The third-order valence-electron chi connectivity index (χ3n) is 5.03. The minimum Gasteiger partial charge on any atom is -0.497 e. The smallest absolute Gasteiger partial charge is 0.335 e.